The average Bonchev–Trinajstić information content (AvgIpc) is 3.24. The van der Waals surface area contributed by atoms with E-state index in [1.165, 1.54) is 6.26 Å². The van der Waals surface area contributed by atoms with Gasteiger partial charge in [-0.2, -0.15) is 0 Å². The van der Waals surface area contributed by atoms with Crippen molar-refractivity contribution in [3.05, 3.63) is 47.9 Å². The van der Waals surface area contributed by atoms with Gasteiger partial charge in [0.2, 0.25) is 5.91 Å². The number of furan rings is 1. The smallest absolute Gasteiger partial charge is 0.258 e. The van der Waals surface area contributed by atoms with E-state index in [4.69, 9.17) is 9.15 Å². The molecular formula is C18H20N2O4. The number of ether oxygens (including phenoxy) is 1. The molecule has 1 fully saturated rings. The second-order valence-electron chi connectivity index (χ2n) is 5.76. The molecule has 6 nitrogen and oxygen atoms in total. The number of benzene rings is 1. The van der Waals surface area contributed by atoms with Gasteiger partial charge in [0, 0.05) is 12.2 Å². The van der Waals surface area contributed by atoms with Crippen LogP contribution in [0.15, 0.2) is 41.0 Å². The maximum atomic E-state index is 12.6. The molecule has 1 N–H and O–H groups in total. The summed E-state index contributed by atoms with van der Waals surface area (Å²) in [5.41, 5.74) is 1.19. The number of aryl methyl sites for hydroxylation is 1. The monoisotopic (exact) mass is 328 g/mol. The Hall–Kier alpha value is -2.76. The van der Waals surface area contributed by atoms with Gasteiger partial charge in [-0.1, -0.05) is 0 Å². The quantitative estimate of drug-likeness (QED) is 0.937. The molecule has 0 unspecified atom stereocenters. The molecule has 1 saturated heterocycles. The summed E-state index contributed by atoms with van der Waals surface area (Å²) in [4.78, 5) is 26.8. The summed E-state index contributed by atoms with van der Waals surface area (Å²) in [5, 5.41) is 2.87. The van der Waals surface area contributed by atoms with Gasteiger partial charge in [-0.25, -0.2) is 0 Å². The summed E-state index contributed by atoms with van der Waals surface area (Å²) < 4.78 is 10.3. The van der Waals surface area contributed by atoms with Crippen molar-refractivity contribution in [2.75, 3.05) is 19.0 Å². The third-order valence-electron chi connectivity index (χ3n) is 4.26. The van der Waals surface area contributed by atoms with Crippen LogP contribution in [-0.2, 0) is 4.79 Å². The van der Waals surface area contributed by atoms with Crippen molar-refractivity contribution in [3.8, 4) is 5.75 Å². The van der Waals surface area contributed by atoms with Crippen LogP contribution in [0.3, 0.4) is 0 Å². The molecule has 0 saturated carbocycles. The largest absolute Gasteiger partial charge is 0.497 e. The molecule has 1 atom stereocenters. The van der Waals surface area contributed by atoms with Gasteiger partial charge in [0.25, 0.3) is 5.91 Å². The summed E-state index contributed by atoms with van der Waals surface area (Å²) in [6.07, 6.45) is 2.96. The molecular weight excluding hydrogens is 308 g/mol. The molecule has 1 aromatic heterocycles. The Morgan fingerprint density at radius 1 is 1.25 bits per heavy atom. The Morgan fingerprint density at radius 2 is 2.00 bits per heavy atom. The highest BCUT2D eigenvalue weighted by molar-refractivity contribution is 6.01. The summed E-state index contributed by atoms with van der Waals surface area (Å²) in [6.45, 7) is 2.32. The number of carbonyl (C=O) groups excluding carboxylic acids is 2. The molecule has 0 radical (unpaired) electrons. The van der Waals surface area contributed by atoms with Crippen LogP contribution in [0, 0.1) is 6.92 Å². The lowest BCUT2D eigenvalue weighted by Gasteiger charge is -2.23. The minimum Gasteiger partial charge on any atom is -0.497 e. The van der Waals surface area contributed by atoms with Crippen LogP contribution in [-0.4, -0.2) is 36.4 Å². The lowest BCUT2D eigenvalue weighted by Crippen LogP contribution is -2.43. The zero-order chi connectivity index (χ0) is 17.1. The molecule has 3 rings (SSSR count). The molecule has 2 aromatic rings. The first-order valence-corrected chi connectivity index (χ1v) is 7.90. The molecule has 2 heterocycles. The first-order valence-electron chi connectivity index (χ1n) is 7.90. The molecule has 2 amide bonds. The van der Waals surface area contributed by atoms with E-state index in [1.807, 2.05) is 0 Å². The molecule has 24 heavy (non-hydrogen) atoms. The van der Waals surface area contributed by atoms with Crippen molar-refractivity contribution in [3.63, 3.8) is 0 Å². The zero-order valence-electron chi connectivity index (χ0n) is 13.7. The number of hydrogen-bond acceptors (Lipinski definition) is 4. The summed E-state index contributed by atoms with van der Waals surface area (Å²) in [6, 6.07) is 8.29. The van der Waals surface area contributed by atoms with Crippen molar-refractivity contribution in [2.45, 2.75) is 25.8 Å². The highest BCUT2D eigenvalue weighted by Crippen LogP contribution is 2.24. The van der Waals surface area contributed by atoms with E-state index in [2.05, 4.69) is 5.32 Å². The number of carbonyl (C=O) groups is 2. The second kappa shape index (κ2) is 6.78. The van der Waals surface area contributed by atoms with Crippen LogP contribution in [0.5, 0.6) is 5.75 Å². The van der Waals surface area contributed by atoms with Gasteiger partial charge in [-0.05, 0) is 50.1 Å². The van der Waals surface area contributed by atoms with E-state index in [0.29, 0.717) is 30.0 Å². The molecule has 1 aliphatic heterocycles. The van der Waals surface area contributed by atoms with Crippen LogP contribution >= 0.6 is 0 Å². The Bertz CT molecular complexity index is 736. The van der Waals surface area contributed by atoms with Gasteiger partial charge in [0.05, 0.1) is 18.9 Å². The molecule has 1 aliphatic rings. The van der Waals surface area contributed by atoms with Crippen LogP contribution in [0.1, 0.15) is 29.0 Å². The Kier molecular flexibility index (Phi) is 4.55. The fourth-order valence-corrected chi connectivity index (χ4v) is 2.94. The number of likely N-dealkylation sites (tertiary alicyclic amines) is 1. The van der Waals surface area contributed by atoms with Gasteiger partial charge in [-0.15, -0.1) is 0 Å². The van der Waals surface area contributed by atoms with Gasteiger partial charge < -0.3 is 19.4 Å². The van der Waals surface area contributed by atoms with E-state index in [-0.39, 0.29) is 11.8 Å². The van der Waals surface area contributed by atoms with E-state index < -0.39 is 6.04 Å². The molecule has 0 aliphatic carbocycles. The number of amides is 2. The van der Waals surface area contributed by atoms with Crippen molar-refractivity contribution in [2.24, 2.45) is 0 Å². The molecule has 126 valence electrons. The normalized spacial score (nSPS) is 16.9. The van der Waals surface area contributed by atoms with E-state index in [9.17, 15) is 9.59 Å². The summed E-state index contributed by atoms with van der Waals surface area (Å²) in [7, 11) is 1.59. The van der Waals surface area contributed by atoms with Crippen molar-refractivity contribution in [1.82, 2.24) is 4.90 Å². The lowest BCUT2D eigenvalue weighted by atomic mass is 10.1. The van der Waals surface area contributed by atoms with E-state index in [1.54, 1.807) is 49.3 Å². The van der Waals surface area contributed by atoms with Crippen molar-refractivity contribution >= 4 is 17.5 Å². The maximum Gasteiger partial charge on any atom is 0.258 e. The SMILES string of the molecule is COc1ccc(NC(=O)[C@H]2CCCN2C(=O)c2ccoc2C)cc1. The highest BCUT2D eigenvalue weighted by atomic mass is 16.5. The highest BCUT2D eigenvalue weighted by Gasteiger charge is 2.35. The number of nitrogens with zero attached hydrogens (tertiary/aromatic N) is 1. The predicted molar refractivity (Wildman–Crippen MR) is 89.1 cm³/mol. The first kappa shape index (κ1) is 16.1. The Labute approximate surface area is 140 Å². The summed E-state index contributed by atoms with van der Waals surface area (Å²) >= 11 is 0. The Balaban J connectivity index is 1.71. The molecule has 1 aromatic carbocycles. The number of rotatable bonds is 4. The minimum absolute atomic E-state index is 0.159. The lowest BCUT2D eigenvalue weighted by molar-refractivity contribution is -0.119. The number of hydrogen-bond donors (Lipinski definition) is 1. The van der Waals surface area contributed by atoms with Crippen LogP contribution in [0.4, 0.5) is 5.69 Å². The minimum atomic E-state index is -0.464. The topological polar surface area (TPSA) is 71.8 Å². The number of nitrogens with one attached hydrogen (secondary N) is 1. The molecule has 0 spiro atoms. The molecule has 0 bridgehead atoms. The fourth-order valence-electron chi connectivity index (χ4n) is 2.94. The first-order chi connectivity index (χ1) is 11.6. The van der Waals surface area contributed by atoms with Crippen LogP contribution in [0.2, 0.25) is 0 Å². The van der Waals surface area contributed by atoms with Crippen LogP contribution < -0.4 is 10.1 Å². The van der Waals surface area contributed by atoms with Gasteiger partial charge in [0.1, 0.15) is 17.6 Å². The zero-order valence-corrected chi connectivity index (χ0v) is 13.7. The average molecular weight is 328 g/mol. The van der Waals surface area contributed by atoms with Gasteiger partial charge in [-0.3, -0.25) is 9.59 Å². The number of anilines is 1. The summed E-state index contributed by atoms with van der Waals surface area (Å²) in [5.74, 6) is 0.961. The third-order valence-corrected chi connectivity index (χ3v) is 4.26. The second-order valence-corrected chi connectivity index (χ2v) is 5.76. The predicted octanol–water partition coefficient (Wildman–Crippen LogP) is 2.84. The van der Waals surface area contributed by atoms with E-state index in [0.717, 1.165) is 12.2 Å². The van der Waals surface area contributed by atoms with E-state index >= 15 is 0 Å². The van der Waals surface area contributed by atoms with Crippen LogP contribution in [0.25, 0.3) is 0 Å². The fraction of sp³-hybridized carbons (Fsp3) is 0.333. The van der Waals surface area contributed by atoms with Gasteiger partial charge in [0.15, 0.2) is 0 Å². The molecule has 6 heteroatoms. The standard InChI is InChI=1S/C18H20N2O4/c1-12-15(9-11-24-12)18(22)20-10-3-4-16(20)17(21)19-13-5-7-14(23-2)8-6-13/h5-9,11,16H,3-4,10H2,1-2H3,(H,19,21)/t16-/m1/s1. The maximum absolute atomic E-state index is 12.6. The Morgan fingerprint density at radius 3 is 2.62 bits per heavy atom. The number of methoxy groups -OCH3 is 1. The van der Waals surface area contributed by atoms with Gasteiger partial charge >= 0.3 is 0 Å². The van der Waals surface area contributed by atoms with Crippen molar-refractivity contribution in [1.29, 1.82) is 0 Å². The van der Waals surface area contributed by atoms with Crippen molar-refractivity contribution < 1.29 is 18.7 Å². The third kappa shape index (κ3) is 3.13.